The number of carbonyl (C=O) groups excluding carboxylic acids is 1. The second-order valence-electron chi connectivity index (χ2n) is 5.65. The average molecular weight is 282 g/mol. The Morgan fingerprint density at radius 3 is 2.71 bits per heavy atom. The minimum Gasteiger partial charge on any atom is -0.312 e. The number of rotatable bonds is 4. The van der Waals surface area contributed by atoms with E-state index >= 15 is 0 Å². The van der Waals surface area contributed by atoms with Gasteiger partial charge in [0.05, 0.1) is 0 Å². The highest BCUT2D eigenvalue weighted by molar-refractivity contribution is 5.80. The fraction of sp³-hybridized carbons (Fsp3) is 0.389. The maximum Gasteiger partial charge on any atom is 0.231 e. The third-order valence-electron chi connectivity index (χ3n) is 4.27. The van der Waals surface area contributed by atoms with Crippen molar-refractivity contribution in [2.24, 2.45) is 0 Å². The van der Waals surface area contributed by atoms with Crippen LogP contribution >= 0.6 is 0 Å². The zero-order valence-corrected chi connectivity index (χ0v) is 12.6. The molecule has 0 fully saturated rings. The average Bonchev–Trinajstić information content (AvgIpc) is 2.97. The number of carbonyl (C=O) groups is 1. The number of fused-ring (bicyclic) bond motifs is 1. The number of aromatic nitrogens is 1. The van der Waals surface area contributed by atoms with Gasteiger partial charge in [0.2, 0.25) is 5.91 Å². The molecule has 0 spiro atoms. The smallest absolute Gasteiger partial charge is 0.231 e. The van der Waals surface area contributed by atoms with Crippen molar-refractivity contribution >= 4 is 5.91 Å². The van der Waals surface area contributed by atoms with E-state index < -0.39 is 0 Å². The molecule has 1 N–H and O–H groups in total. The normalized spacial score (nSPS) is 14.0. The predicted octanol–water partition coefficient (Wildman–Crippen LogP) is 2.97. The highest BCUT2D eigenvalue weighted by atomic mass is 16.2. The molecule has 3 rings (SSSR count). The molecule has 2 heterocycles. The molecule has 3 nitrogen and oxygen atoms in total. The number of nitrogens with one attached hydrogen (secondary N) is 1. The lowest BCUT2D eigenvalue weighted by Crippen LogP contribution is -2.26. The zero-order valence-electron chi connectivity index (χ0n) is 12.6. The number of aryl methyl sites for hydroxylation is 2. The van der Waals surface area contributed by atoms with Crippen LogP contribution in [0.1, 0.15) is 40.5 Å². The van der Waals surface area contributed by atoms with Gasteiger partial charge in [-0.3, -0.25) is 9.36 Å². The van der Waals surface area contributed by atoms with E-state index in [1.807, 2.05) is 10.8 Å². The monoisotopic (exact) mass is 282 g/mol. The van der Waals surface area contributed by atoms with Crippen molar-refractivity contribution in [1.29, 1.82) is 0 Å². The van der Waals surface area contributed by atoms with E-state index in [1.165, 1.54) is 22.4 Å². The summed E-state index contributed by atoms with van der Waals surface area (Å²) in [5.74, 6) is 0.206. The molecule has 0 saturated carbocycles. The van der Waals surface area contributed by atoms with Gasteiger partial charge in [-0.2, -0.15) is 0 Å². The van der Waals surface area contributed by atoms with Gasteiger partial charge >= 0.3 is 0 Å². The van der Waals surface area contributed by atoms with Gasteiger partial charge in [-0.25, -0.2) is 0 Å². The minimum atomic E-state index is 0.206. The van der Waals surface area contributed by atoms with Gasteiger partial charge in [-0.05, 0) is 35.6 Å². The van der Waals surface area contributed by atoms with Crippen molar-refractivity contribution in [3.8, 4) is 0 Å². The zero-order chi connectivity index (χ0) is 14.7. The molecule has 3 heteroatoms. The molecule has 0 amide bonds. The first-order valence-electron chi connectivity index (χ1n) is 7.78. The van der Waals surface area contributed by atoms with Gasteiger partial charge in [0.15, 0.2) is 0 Å². The van der Waals surface area contributed by atoms with Gasteiger partial charge in [0.1, 0.15) is 0 Å². The summed E-state index contributed by atoms with van der Waals surface area (Å²) >= 11 is 0. The standard InChI is InChI=1S/C18H22N2O/c1-2-14-3-5-15(6-4-14)7-8-18(21)20-12-10-16-13-19-11-9-17(16)20/h3-6,10,12,19H,2,7-9,11,13H2,1H3. The fourth-order valence-electron chi connectivity index (χ4n) is 2.92. The number of hydrogen-bond acceptors (Lipinski definition) is 2. The first-order chi connectivity index (χ1) is 10.3. The molecule has 1 aliphatic heterocycles. The molecule has 110 valence electrons. The number of benzene rings is 1. The molecule has 21 heavy (non-hydrogen) atoms. The van der Waals surface area contributed by atoms with E-state index in [4.69, 9.17) is 0 Å². The number of hydrogen-bond donors (Lipinski definition) is 1. The maximum atomic E-state index is 12.4. The molecule has 1 aromatic heterocycles. The van der Waals surface area contributed by atoms with Crippen LogP contribution in [-0.2, 0) is 25.8 Å². The topological polar surface area (TPSA) is 34.0 Å². The Bertz CT molecular complexity index is 625. The maximum absolute atomic E-state index is 12.4. The molecule has 2 aromatic rings. The fourth-order valence-corrected chi connectivity index (χ4v) is 2.92. The van der Waals surface area contributed by atoms with Crippen molar-refractivity contribution in [1.82, 2.24) is 9.88 Å². The van der Waals surface area contributed by atoms with Crippen LogP contribution in [0.15, 0.2) is 36.5 Å². The molecule has 1 aromatic carbocycles. The van der Waals surface area contributed by atoms with Gasteiger partial charge in [0.25, 0.3) is 0 Å². The summed E-state index contributed by atoms with van der Waals surface area (Å²) in [5.41, 5.74) is 5.04. The first kappa shape index (κ1) is 14.1. The Morgan fingerprint density at radius 2 is 1.95 bits per heavy atom. The Kier molecular flexibility index (Phi) is 4.20. The third-order valence-corrected chi connectivity index (χ3v) is 4.27. The lowest BCUT2D eigenvalue weighted by Gasteiger charge is -2.16. The van der Waals surface area contributed by atoms with Gasteiger partial charge in [-0.15, -0.1) is 0 Å². The highest BCUT2D eigenvalue weighted by Gasteiger charge is 2.16. The summed E-state index contributed by atoms with van der Waals surface area (Å²) in [7, 11) is 0. The second kappa shape index (κ2) is 6.27. The number of nitrogens with zero attached hydrogens (tertiary/aromatic N) is 1. The molecule has 0 saturated heterocycles. The third kappa shape index (κ3) is 3.08. The summed E-state index contributed by atoms with van der Waals surface area (Å²) in [6, 6.07) is 10.7. The van der Waals surface area contributed by atoms with Crippen LogP contribution in [0.2, 0.25) is 0 Å². The van der Waals surface area contributed by atoms with Crippen LogP contribution < -0.4 is 5.32 Å². The van der Waals surface area contributed by atoms with Crippen molar-refractivity contribution in [3.63, 3.8) is 0 Å². The van der Waals surface area contributed by atoms with Crippen molar-refractivity contribution in [2.45, 2.75) is 39.2 Å². The van der Waals surface area contributed by atoms with Crippen LogP contribution in [-0.4, -0.2) is 17.0 Å². The van der Waals surface area contributed by atoms with E-state index in [-0.39, 0.29) is 5.91 Å². The molecule has 0 unspecified atom stereocenters. The summed E-state index contributed by atoms with van der Waals surface area (Å²) in [6.45, 7) is 4.00. The van der Waals surface area contributed by atoms with E-state index in [0.29, 0.717) is 6.42 Å². The van der Waals surface area contributed by atoms with Crippen LogP contribution in [0.5, 0.6) is 0 Å². The van der Waals surface area contributed by atoms with E-state index in [0.717, 1.165) is 32.4 Å². The molecule has 0 atom stereocenters. The Hall–Kier alpha value is -1.87. The van der Waals surface area contributed by atoms with Gasteiger partial charge in [-0.1, -0.05) is 31.2 Å². The van der Waals surface area contributed by atoms with E-state index in [9.17, 15) is 4.79 Å². The van der Waals surface area contributed by atoms with Crippen molar-refractivity contribution < 1.29 is 4.79 Å². The SMILES string of the molecule is CCc1ccc(CCC(=O)n2ccc3c2CCNC3)cc1. The van der Waals surface area contributed by atoms with E-state index in [2.05, 4.69) is 42.6 Å². The van der Waals surface area contributed by atoms with Gasteiger partial charge in [0, 0.05) is 37.8 Å². The predicted molar refractivity (Wildman–Crippen MR) is 84.6 cm³/mol. The molecule has 0 radical (unpaired) electrons. The second-order valence-corrected chi connectivity index (χ2v) is 5.65. The first-order valence-corrected chi connectivity index (χ1v) is 7.78. The van der Waals surface area contributed by atoms with Gasteiger partial charge < -0.3 is 5.32 Å². The summed E-state index contributed by atoms with van der Waals surface area (Å²) in [4.78, 5) is 12.4. The largest absolute Gasteiger partial charge is 0.312 e. The minimum absolute atomic E-state index is 0.206. The molecular weight excluding hydrogens is 260 g/mol. The van der Waals surface area contributed by atoms with Crippen LogP contribution in [0.25, 0.3) is 0 Å². The van der Waals surface area contributed by atoms with Crippen LogP contribution in [0.3, 0.4) is 0 Å². The molecular formula is C18H22N2O. The molecule has 0 bridgehead atoms. The Morgan fingerprint density at radius 1 is 1.19 bits per heavy atom. The quantitative estimate of drug-likeness (QED) is 0.935. The summed E-state index contributed by atoms with van der Waals surface area (Å²) in [6.07, 6.45) is 5.32. The lowest BCUT2D eigenvalue weighted by atomic mass is 10.1. The summed E-state index contributed by atoms with van der Waals surface area (Å²) < 4.78 is 1.86. The van der Waals surface area contributed by atoms with Crippen molar-refractivity contribution in [3.05, 3.63) is 58.9 Å². The Balaban J connectivity index is 1.64. The highest BCUT2D eigenvalue weighted by Crippen LogP contribution is 2.16. The van der Waals surface area contributed by atoms with Crippen molar-refractivity contribution in [2.75, 3.05) is 6.54 Å². The molecule has 1 aliphatic rings. The summed E-state index contributed by atoms with van der Waals surface area (Å²) in [5, 5.41) is 3.34. The molecule has 0 aliphatic carbocycles. The van der Waals surface area contributed by atoms with Crippen LogP contribution in [0, 0.1) is 0 Å². The lowest BCUT2D eigenvalue weighted by molar-refractivity contribution is 0.0899. The van der Waals surface area contributed by atoms with Crippen LogP contribution in [0.4, 0.5) is 0 Å². The Labute approximate surface area is 126 Å². The van der Waals surface area contributed by atoms with E-state index in [1.54, 1.807) is 0 Å².